The smallest absolute Gasteiger partial charge is 0.271 e. The van der Waals surface area contributed by atoms with Crippen molar-refractivity contribution in [1.29, 1.82) is 0 Å². The first kappa shape index (κ1) is 18.9. The van der Waals surface area contributed by atoms with Gasteiger partial charge >= 0.3 is 0 Å². The van der Waals surface area contributed by atoms with Gasteiger partial charge in [0, 0.05) is 12.2 Å². The van der Waals surface area contributed by atoms with Gasteiger partial charge in [-0.1, -0.05) is 23.9 Å². The van der Waals surface area contributed by atoms with Crippen LogP contribution in [-0.2, 0) is 11.2 Å². The number of carbonyl (C=O) groups excluding carboxylic acids is 1. The summed E-state index contributed by atoms with van der Waals surface area (Å²) in [6, 6.07) is 8.13. The molecule has 10 heteroatoms. The highest BCUT2D eigenvalue weighted by Crippen LogP contribution is 2.17. The Morgan fingerprint density at radius 3 is 2.67 bits per heavy atom. The molecule has 3 N–H and O–H groups in total. The number of aryl methyl sites for hydroxylation is 2. The summed E-state index contributed by atoms with van der Waals surface area (Å²) in [5, 5.41) is 15.6. The Labute approximate surface area is 159 Å². The molecule has 2 aromatic heterocycles. The van der Waals surface area contributed by atoms with E-state index in [4.69, 9.17) is 5.84 Å². The van der Waals surface area contributed by atoms with E-state index in [1.54, 1.807) is 16.8 Å². The van der Waals surface area contributed by atoms with E-state index in [1.807, 2.05) is 19.9 Å². The fourth-order valence-corrected chi connectivity index (χ4v) is 3.20. The number of hydrogen-bond donors (Lipinski definition) is 2. The van der Waals surface area contributed by atoms with E-state index in [0.717, 1.165) is 17.0 Å². The number of amides is 1. The summed E-state index contributed by atoms with van der Waals surface area (Å²) < 4.78 is 15.8. The summed E-state index contributed by atoms with van der Waals surface area (Å²) in [5.41, 5.74) is 2.70. The summed E-state index contributed by atoms with van der Waals surface area (Å²) in [7, 11) is 0. The lowest BCUT2D eigenvalue weighted by Gasteiger charge is -2.06. The minimum Gasteiger partial charge on any atom is -0.355 e. The molecular weight excluding hydrogens is 369 g/mol. The van der Waals surface area contributed by atoms with Crippen molar-refractivity contribution in [1.82, 2.24) is 30.0 Å². The zero-order chi connectivity index (χ0) is 19.4. The molecule has 0 fully saturated rings. The van der Waals surface area contributed by atoms with Crippen LogP contribution >= 0.6 is 11.8 Å². The molecule has 0 aliphatic heterocycles. The zero-order valence-corrected chi connectivity index (χ0v) is 15.8. The highest BCUT2D eigenvalue weighted by atomic mass is 32.2. The summed E-state index contributed by atoms with van der Waals surface area (Å²) >= 11 is 1.19. The van der Waals surface area contributed by atoms with E-state index in [1.165, 1.54) is 28.6 Å². The molecule has 0 bridgehead atoms. The van der Waals surface area contributed by atoms with E-state index < -0.39 is 0 Å². The lowest BCUT2D eigenvalue weighted by molar-refractivity contribution is -0.118. The van der Waals surface area contributed by atoms with Crippen LogP contribution in [-0.4, -0.2) is 42.9 Å². The number of aromatic nitrogens is 5. The van der Waals surface area contributed by atoms with E-state index >= 15 is 0 Å². The predicted octanol–water partition coefficient (Wildman–Crippen LogP) is 1.38. The van der Waals surface area contributed by atoms with Gasteiger partial charge in [-0.05, 0) is 44.0 Å². The number of thioether (sulfide) groups is 1. The van der Waals surface area contributed by atoms with Gasteiger partial charge in [0.1, 0.15) is 5.82 Å². The van der Waals surface area contributed by atoms with Crippen molar-refractivity contribution in [2.24, 2.45) is 0 Å². The molecule has 0 saturated heterocycles. The molecule has 3 aromatic rings. The van der Waals surface area contributed by atoms with Crippen LogP contribution in [0, 0.1) is 19.7 Å². The molecule has 2 heterocycles. The fraction of sp³-hybridized carbons (Fsp3) is 0.294. The quantitative estimate of drug-likeness (QED) is 0.467. The SMILES string of the molecule is Cc1cc(C)n(-c2nnc(SCC(=O)NCCc3ccc(F)cc3)n2N)n1. The highest BCUT2D eigenvalue weighted by Gasteiger charge is 2.15. The lowest BCUT2D eigenvalue weighted by Crippen LogP contribution is -2.27. The molecule has 142 valence electrons. The Bertz CT molecular complexity index is 935. The summed E-state index contributed by atoms with van der Waals surface area (Å²) in [6.07, 6.45) is 0.631. The zero-order valence-electron chi connectivity index (χ0n) is 15.0. The third kappa shape index (κ3) is 4.64. The highest BCUT2D eigenvalue weighted by molar-refractivity contribution is 7.99. The first-order valence-electron chi connectivity index (χ1n) is 8.32. The van der Waals surface area contributed by atoms with Crippen molar-refractivity contribution >= 4 is 17.7 Å². The first-order valence-corrected chi connectivity index (χ1v) is 9.30. The van der Waals surface area contributed by atoms with E-state index in [-0.39, 0.29) is 17.5 Å². The molecule has 0 atom stereocenters. The van der Waals surface area contributed by atoms with Gasteiger partial charge in [0.25, 0.3) is 5.95 Å². The van der Waals surface area contributed by atoms with Crippen molar-refractivity contribution in [2.75, 3.05) is 18.1 Å². The van der Waals surface area contributed by atoms with Crippen LogP contribution in [0.25, 0.3) is 5.95 Å². The number of nitrogen functional groups attached to an aromatic ring is 1. The molecule has 27 heavy (non-hydrogen) atoms. The van der Waals surface area contributed by atoms with Gasteiger partial charge in [0.15, 0.2) is 0 Å². The predicted molar refractivity (Wildman–Crippen MR) is 101 cm³/mol. The standard InChI is InChI=1S/C17H20FN7OS/c1-11-9-12(2)25(23-11)16-21-22-17(24(16)19)27-10-15(26)20-8-7-13-3-5-14(18)6-4-13/h3-6,9H,7-8,10,19H2,1-2H3,(H,20,26). The fourth-order valence-electron chi connectivity index (χ4n) is 2.52. The van der Waals surface area contributed by atoms with Gasteiger partial charge in [-0.25, -0.2) is 13.7 Å². The minimum atomic E-state index is -0.273. The minimum absolute atomic E-state index is 0.141. The molecule has 0 radical (unpaired) electrons. The van der Waals surface area contributed by atoms with Crippen molar-refractivity contribution in [3.05, 3.63) is 53.1 Å². The number of nitrogens with two attached hydrogens (primary N) is 1. The second-order valence-electron chi connectivity index (χ2n) is 6.01. The monoisotopic (exact) mass is 389 g/mol. The number of nitrogens with zero attached hydrogens (tertiary/aromatic N) is 5. The van der Waals surface area contributed by atoms with E-state index in [0.29, 0.717) is 24.1 Å². The number of rotatable bonds is 7. The Balaban J connectivity index is 1.50. The van der Waals surface area contributed by atoms with E-state index in [9.17, 15) is 9.18 Å². The Kier molecular flexibility index (Phi) is 5.75. The number of halogens is 1. The van der Waals surface area contributed by atoms with E-state index in [2.05, 4.69) is 20.6 Å². The van der Waals surface area contributed by atoms with Crippen LogP contribution in [0.2, 0.25) is 0 Å². The third-order valence-corrected chi connectivity index (χ3v) is 4.77. The summed E-state index contributed by atoms with van der Waals surface area (Å²) in [5.74, 6) is 6.17. The van der Waals surface area contributed by atoms with Crippen molar-refractivity contribution in [2.45, 2.75) is 25.4 Å². The van der Waals surface area contributed by atoms with Crippen molar-refractivity contribution in [3.63, 3.8) is 0 Å². The Morgan fingerprint density at radius 2 is 2.00 bits per heavy atom. The molecule has 3 rings (SSSR count). The van der Waals surface area contributed by atoms with Gasteiger partial charge in [-0.2, -0.15) is 5.10 Å². The lowest BCUT2D eigenvalue weighted by atomic mass is 10.1. The van der Waals surface area contributed by atoms with Crippen LogP contribution in [0.5, 0.6) is 0 Å². The molecule has 1 amide bonds. The Morgan fingerprint density at radius 1 is 1.26 bits per heavy atom. The number of nitrogens with one attached hydrogen (secondary N) is 1. The van der Waals surface area contributed by atoms with Crippen LogP contribution in [0.4, 0.5) is 4.39 Å². The van der Waals surface area contributed by atoms with Gasteiger partial charge in [0.05, 0.1) is 11.4 Å². The Hall–Kier alpha value is -2.88. The molecule has 8 nitrogen and oxygen atoms in total. The van der Waals surface area contributed by atoms with Crippen molar-refractivity contribution < 1.29 is 9.18 Å². The maximum Gasteiger partial charge on any atom is 0.271 e. The van der Waals surface area contributed by atoms with Crippen LogP contribution in [0.1, 0.15) is 17.0 Å². The summed E-state index contributed by atoms with van der Waals surface area (Å²) in [6.45, 7) is 4.25. The number of benzene rings is 1. The molecule has 0 saturated carbocycles. The second-order valence-corrected chi connectivity index (χ2v) is 6.95. The number of hydrogen-bond acceptors (Lipinski definition) is 6. The second kappa shape index (κ2) is 8.21. The van der Waals surface area contributed by atoms with Gasteiger partial charge in [0.2, 0.25) is 11.1 Å². The van der Waals surface area contributed by atoms with Gasteiger partial charge < -0.3 is 11.2 Å². The van der Waals surface area contributed by atoms with Crippen LogP contribution in [0.15, 0.2) is 35.5 Å². The largest absolute Gasteiger partial charge is 0.355 e. The van der Waals surface area contributed by atoms with Crippen molar-refractivity contribution in [3.8, 4) is 5.95 Å². The average Bonchev–Trinajstić information content (AvgIpc) is 3.16. The molecule has 0 aliphatic carbocycles. The normalized spacial score (nSPS) is 10.9. The number of carbonyl (C=O) groups is 1. The van der Waals surface area contributed by atoms with Gasteiger partial charge in [-0.3, -0.25) is 4.79 Å². The van der Waals surface area contributed by atoms with Crippen LogP contribution in [0.3, 0.4) is 0 Å². The molecular formula is C17H20FN7OS. The molecule has 1 aromatic carbocycles. The maximum absolute atomic E-state index is 12.9. The van der Waals surface area contributed by atoms with Gasteiger partial charge in [-0.15, -0.1) is 10.2 Å². The maximum atomic E-state index is 12.9. The topological polar surface area (TPSA) is 104 Å². The molecule has 0 spiro atoms. The third-order valence-electron chi connectivity index (χ3n) is 3.83. The molecule has 0 aliphatic rings. The summed E-state index contributed by atoms with van der Waals surface area (Å²) in [4.78, 5) is 12.0. The first-order chi connectivity index (χ1) is 12.9. The van der Waals surface area contributed by atoms with Crippen LogP contribution < -0.4 is 11.2 Å². The average molecular weight is 389 g/mol. The molecule has 0 unspecified atom stereocenters.